The lowest BCUT2D eigenvalue weighted by Crippen LogP contribution is -2.48. The molecule has 0 radical (unpaired) electrons. The number of benzene rings is 1. The van der Waals surface area contributed by atoms with Crippen LogP contribution in [0.1, 0.15) is 75.7 Å². The summed E-state index contributed by atoms with van der Waals surface area (Å²) in [6, 6.07) is 9.42. The van der Waals surface area contributed by atoms with Gasteiger partial charge in [-0.15, -0.1) is 0 Å². The molecule has 3 atom stereocenters. The maximum Gasteiger partial charge on any atom is 0.270 e. The van der Waals surface area contributed by atoms with Crippen LogP contribution >= 0.6 is 0 Å². The summed E-state index contributed by atoms with van der Waals surface area (Å²) in [6.07, 6.45) is 8.72. The van der Waals surface area contributed by atoms with E-state index in [1.807, 2.05) is 12.1 Å². The van der Waals surface area contributed by atoms with Crippen LogP contribution in [-0.4, -0.2) is 48.8 Å². The summed E-state index contributed by atoms with van der Waals surface area (Å²) in [7, 11) is 0. The number of piperidine rings is 1. The number of amidine groups is 1. The van der Waals surface area contributed by atoms with Gasteiger partial charge >= 0.3 is 0 Å². The predicted molar refractivity (Wildman–Crippen MR) is 135 cm³/mol. The Hall–Kier alpha value is -3.13. The maximum atomic E-state index is 12.8. The van der Waals surface area contributed by atoms with Crippen molar-refractivity contribution < 1.29 is 0 Å². The number of nitrogens with zero attached hydrogens (tertiary/aromatic N) is 4. The molecule has 0 spiro atoms. The van der Waals surface area contributed by atoms with Crippen LogP contribution < -0.4 is 11.3 Å². The second kappa shape index (κ2) is 10.4. The fraction of sp³-hybridized carbons (Fsp3) is 0.500. The number of aryl methyl sites for hydroxylation is 1. The molecule has 1 saturated heterocycles. The Bertz CT molecular complexity index is 1210. The molecule has 2 aromatic heterocycles. The molecule has 180 valence electrons. The van der Waals surface area contributed by atoms with Gasteiger partial charge in [0.25, 0.3) is 5.56 Å². The third kappa shape index (κ3) is 5.33. The average Bonchev–Trinajstić information content (AvgIpc) is 2.80. The molecular formula is C26H35N7O. The molecule has 3 heterocycles. The van der Waals surface area contributed by atoms with Crippen molar-refractivity contribution in [2.75, 3.05) is 0 Å². The number of hydrogen-bond donors (Lipinski definition) is 3. The van der Waals surface area contributed by atoms with Crippen molar-refractivity contribution >= 4 is 16.9 Å². The number of hydrogen-bond acceptors (Lipinski definition) is 6. The molecule has 1 aliphatic rings. The Kier molecular flexibility index (Phi) is 7.36. The van der Waals surface area contributed by atoms with Gasteiger partial charge in [0.05, 0.1) is 17.5 Å². The van der Waals surface area contributed by atoms with E-state index in [9.17, 15) is 4.79 Å². The van der Waals surface area contributed by atoms with Gasteiger partial charge in [0, 0.05) is 24.3 Å². The summed E-state index contributed by atoms with van der Waals surface area (Å²) in [5, 5.41) is 7.55. The van der Waals surface area contributed by atoms with Crippen molar-refractivity contribution in [3.05, 3.63) is 63.6 Å². The monoisotopic (exact) mass is 461 g/mol. The summed E-state index contributed by atoms with van der Waals surface area (Å²) in [5.74, 6) is 0.281. The van der Waals surface area contributed by atoms with Crippen molar-refractivity contribution in [3.63, 3.8) is 0 Å². The molecule has 1 fully saturated rings. The molecule has 8 nitrogen and oxygen atoms in total. The molecule has 0 aliphatic carbocycles. The molecular weight excluding hydrogens is 426 g/mol. The number of nitrogens with two attached hydrogens (primary N) is 1. The van der Waals surface area contributed by atoms with Crippen LogP contribution in [0, 0.1) is 5.41 Å². The van der Waals surface area contributed by atoms with Gasteiger partial charge in [-0.1, -0.05) is 18.6 Å². The van der Waals surface area contributed by atoms with Crippen molar-refractivity contribution in [2.24, 2.45) is 5.73 Å². The Labute approximate surface area is 200 Å². The second-order valence-electron chi connectivity index (χ2n) is 9.59. The van der Waals surface area contributed by atoms with E-state index in [1.54, 1.807) is 12.3 Å². The number of nitrogens with one attached hydrogen (secondary N) is 2. The van der Waals surface area contributed by atoms with E-state index in [1.165, 1.54) is 19.3 Å². The first-order valence-corrected chi connectivity index (χ1v) is 12.3. The quantitative estimate of drug-likeness (QED) is 0.348. The van der Waals surface area contributed by atoms with E-state index >= 15 is 0 Å². The number of rotatable bonds is 8. The van der Waals surface area contributed by atoms with E-state index in [2.05, 4.69) is 51.7 Å². The zero-order valence-electron chi connectivity index (χ0n) is 20.3. The zero-order valence-corrected chi connectivity index (χ0v) is 20.3. The Morgan fingerprint density at radius 1 is 1.24 bits per heavy atom. The number of H-pyrrole nitrogens is 1. The number of nitrogen functional groups attached to an aromatic ring is 1. The van der Waals surface area contributed by atoms with Gasteiger partial charge in [-0.25, -0.2) is 15.0 Å². The average molecular weight is 462 g/mol. The van der Waals surface area contributed by atoms with Crippen LogP contribution in [0.2, 0.25) is 0 Å². The highest BCUT2D eigenvalue weighted by atomic mass is 16.1. The van der Waals surface area contributed by atoms with E-state index < -0.39 is 0 Å². The highest BCUT2D eigenvalue weighted by Crippen LogP contribution is 2.27. The van der Waals surface area contributed by atoms with Crippen LogP contribution in [-0.2, 0) is 12.8 Å². The van der Waals surface area contributed by atoms with Gasteiger partial charge in [-0.3, -0.25) is 15.1 Å². The van der Waals surface area contributed by atoms with Crippen molar-refractivity contribution in [3.8, 4) is 0 Å². The van der Waals surface area contributed by atoms with E-state index in [-0.39, 0.29) is 17.8 Å². The first kappa shape index (κ1) is 24.0. The van der Waals surface area contributed by atoms with Gasteiger partial charge in [0.1, 0.15) is 23.0 Å². The van der Waals surface area contributed by atoms with Crippen molar-refractivity contribution in [1.82, 2.24) is 24.8 Å². The number of aromatic nitrogens is 4. The van der Waals surface area contributed by atoms with E-state index in [4.69, 9.17) is 11.1 Å². The molecule has 3 aromatic rings. The van der Waals surface area contributed by atoms with Crippen LogP contribution in [0.3, 0.4) is 0 Å². The normalized spacial score (nSPS) is 19.9. The first-order chi connectivity index (χ1) is 16.3. The fourth-order valence-corrected chi connectivity index (χ4v) is 5.37. The smallest absolute Gasteiger partial charge is 0.270 e. The second-order valence-corrected chi connectivity index (χ2v) is 9.59. The van der Waals surface area contributed by atoms with E-state index in [0.29, 0.717) is 35.3 Å². The van der Waals surface area contributed by atoms with Gasteiger partial charge in [-0.2, -0.15) is 0 Å². The Morgan fingerprint density at radius 3 is 2.74 bits per heavy atom. The summed E-state index contributed by atoms with van der Waals surface area (Å²) in [4.78, 5) is 31.6. The SMILES string of the molecule is CC(CCCc1cccc2nc(Cc3nccc(C(=N)N)n3)c(=O)[nH]c12)N1C(C)CCCC1C. The largest absolute Gasteiger partial charge is 0.382 e. The fourth-order valence-electron chi connectivity index (χ4n) is 5.37. The summed E-state index contributed by atoms with van der Waals surface area (Å²) < 4.78 is 0. The van der Waals surface area contributed by atoms with Crippen LogP contribution in [0.15, 0.2) is 35.3 Å². The van der Waals surface area contributed by atoms with E-state index in [0.717, 1.165) is 35.9 Å². The predicted octanol–water partition coefficient (Wildman–Crippen LogP) is 3.56. The highest BCUT2D eigenvalue weighted by Gasteiger charge is 2.28. The molecule has 0 saturated carbocycles. The maximum absolute atomic E-state index is 12.8. The zero-order chi connectivity index (χ0) is 24.2. The lowest BCUT2D eigenvalue weighted by molar-refractivity contribution is 0.0580. The molecule has 0 amide bonds. The van der Waals surface area contributed by atoms with Crippen LogP contribution in [0.4, 0.5) is 0 Å². The molecule has 1 aliphatic heterocycles. The van der Waals surface area contributed by atoms with Crippen molar-refractivity contribution in [2.45, 2.75) is 83.8 Å². The minimum atomic E-state index is -0.235. The summed E-state index contributed by atoms with van der Waals surface area (Å²) >= 11 is 0. The Balaban J connectivity index is 1.47. The van der Waals surface area contributed by atoms with Gasteiger partial charge < -0.3 is 10.7 Å². The minimum Gasteiger partial charge on any atom is -0.382 e. The molecule has 0 bridgehead atoms. The molecule has 34 heavy (non-hydrogen) atoms. The molecule has 4 N–H and O–H groups in total. The number of likely N-dealkylation sites (tertiary alicyclic amines) is 1. The highest BCUT2D eigenvalue weighted by molar-refractivity contribution is 5.92. The molecule has 3 unspecified atom stereocenters. The Morgan fingerprint density at radius 2 is 2.00 bits per heavy atom. The van der Waals surface area contributed by atoms with Crippen LogP contribution in [0.5, 0.6) is 0 Å². The van der Waals surface area contributed by atoms with Gasteiger partial charge in [-0.05, 0) is 70.6 Å². The first-order valence-electron chi connectivity index (χ1n) is 12.3. The number of para-hydroxylation sites is 1. The van der Waals surface area contributed by atoms with Gasteiger partial charge in [0.2, 0.25) is 0 Å². The topological polar surface area (TPSA) is 125 Å². The number of aromatic amines is 1. The van der Waals surface area contributed by atoms with Crippen molar-refractivity contribution in [1.29, 1.82) is 5.41 Å². The number of fused-ring (bicyclic) bond motifs is 1. The minimum absolute atomic E-state index is 0.132. The summed E-state index contributed by atoms with van der Waals surface area (Å²) in [5.41, 5.74) is 8.67. The van der Waals surface area contributed by atoms with Crippen LogP contribution in [0.25, 0.3) is 11.0 Å². The molecule has 8 heteroatoms. The lowest BCUT2D eigenvalue weighted by Gasteiger charge is -2.43. The summed E-state index contributed by atoms with van der Waals surface area (Å²) in [6.45, 7) is 7.05. The molecule has 4 rings (SSSR count). The third-order valence-corrected chi connectivity index (χ3v) is 7.03. The molecule has 1 aromatic carbocycles. The third-order valence-electron chi connectivity index (χ3n) is 7.03. The van der Waals surface area contributed by atoms with Gasteiger partial charge in [0.15, 0.2) is 0 Å². The standard InChI is InChI=1S/C26H35N7O/c1-16-7-4-8-17(2)33(16)18(3)9-5-10-19-11-6-12-20-24(19)32-26(34)22(30-20)15-23-29-14-13-21(31-23)25(27)28/h6,11-14,16-18H,4-5,7-10,15H2,1-3H3,(H3,27,28)(H,32,34). The lowest BCUT2D eigenvalue weighted by atomic mass is 9.93.